The predicted molar refractivity (Wildman–Crippen MR) is 66.3 cm³/mol. The summed E-state index contributed by atoms with van der Waals surface area (Å²) in [7, 11) is 0. The van der Waals surface area contributed by atoms with Crippen molar-refractivity contribution in [3.05, 3.63) is 41.2 Å². The minimum atomic E-state index is -0.297. The van der Waals surface area contributed by atoms with Gasteiger partial charge in [0.25, 0.3) is 11.1 Å². The van der Waals surface area contributed by atoms with Crippen molar-refractivity contribution < 1.29 is 14.0 Å². The summed E-state index contributed by atoms with van der Waals surface area (Å²) in [6, 6.07) is 3.57. The monoisotopic (exact) mass is 249 g/mol. The van der Waals surface area contributed by atoms with Crippen molar-refractivity contribution >= 4 is 29.0 Å². The average Bonchev–Trinajstić information content (AvgIpc) is 2.79. The third kappa shape index (κ3) is 2.34. The third-order valence-electron chi connectivity index (χ3n) is 2.22. The van der Waals surface area contributed by atoms with Crippen LogP contribution in [0.15, 0.2) is 34.1 Å². The van der Waals surface area contributed by atoms with Crippen LogP contribution >= 0.6 is 11.8 Å². The van der Waals surface area contributed by atoms with Crippen molar-refractivity contribution in [2.24, 2.45) is 0 Å². The molecule has 88 valence electrons. The van der Waals surface area contributed by atoms with E-state index in [4.69, 9.17) is 4.42 Å². The molecule has 0 radical (unpaired) electrons. The summed E-state index contributed by atoms with van der Waals surface area (Å²) in [6.45, 7) is 5.57. The topological polar surface area (TPSA) is 50.5 Å². The number of hydrogen-bond acceptors (Lipinski definition) is 4. The highest BCUT2D eigenvalue weighted by atomic mass is 32.2. The number of nitrogens with zero attached hydrogens (tertiary/aromatic N) is 1. The first-order chi connectivity index (χ1) is 8.11. The molecule has 0 saturated carbocycles. The second kappa shape index (κ2) is 4.63. The quantitative estimate of drug-likeness (QED) is 0.610. The molecule has 0 aromatic carbocycles. The molecule has 0 N–H and O–H groups in total. The summed E-state index contributed by atoms with van der Waals surface area (Å²) in [5.41, 5.74) is 0. The van der Waals surface area contributed by atoms with Crippen molar-refractivity contribution in [3.8, 4) is 0 Å². The molecular weight excluding hydrogens is 238 g/mol. The summed E-state index contributed by atoms with van der Waals surface area (Å²) in [4.78, 5) is 24.9. The van der Waals surface area contributed by atoms with Crippen LogP contribution in [0.1, 0.15) is 11.5 Å². The van der Waals surface area contributed by atoms with Crippen LogP contribution in [0.25, 0.3) is 6.08 Å². The molecule has 2 heterocycles. The van der Waals surface area contributed by atoms with Crippen molar-refractivity contribution in [2.75, 3.05) is 6.54 Å². The zero-order chi connectivity index (χ0) is 12.4. The summed E-state index contributed by atoms with van der Waals surface area (Å²) < 4.78 is 5.33. The van der Waals surface area contributed by atoms with Crippen LogP contribution in [0.3, 0.4) is 0 Å². The van der Waals surface area contributed by atoms with Crippen LogP contribution < -0.4 is 0 Å². The molecule has 0 bridgehead atoms. The minimum Gasteiger partial charge on any atom is -0.462 e. The average molecular weight is 249 g/mol. The molecule has 4 nitrogen and oxygen atoms in total. The molecule has 1 aromatic rings. The summed E-state index contributed by atoms with van der Waals surface area (Å²) in [5, 5.41) is -0.274. The first-order valence-electron chi connectivity index (χ1n) is 5.04. The number of hydrogen-bond donors (Lipinski definition) is 0. The Labute approximate surface area is 103 Å². The van der Waals surface area contributed by atoms with Gasteiger partial charge in [0.15, 0.2) is 0 Å². The maximum Gasteiger partial charge on any atom is 0.293 e. The van der Waals surface area contributed by atoms with Gasteiger partial charge < -0.3 is 4.42 Å². The molecule has 1 saturated heterocycles. The van der Waals surface area contributed by atoms with Crippen LogP contribution in [-0.2, 0) is 4.79 Å². The Kier molecular flexibility index (Phi) is 3.19. The van der Waals surface area contributed by atoms with E-state index in [2.05, 4.69) is 6.58 Å². The lowest BCUT2D eigenvalue weighted by Gasteiger charge is -2.07. The first kappa shape index (κ1) is 11.7. The van der Waals surface area contributed by atoms with E-state index >= 15 is 0 Å². The number of furan rings is 1. The fourth-order valence-electron chi connectivity index (χ4n) is 1.45. The highest BCUT2D eigenvalue weighted by Gasteiger charge is 2.34. The Morgan fingerprint density at radius 1 is 1.47 bits per heavy atom. The molecule has 2 rings (SSSR count). The molecule has 0 unspecified atom stereocenters. The van der Waals surface area contributed by atoms with E-state index in [1.807, 2.05) is 6.92 Å². The Balaban J connectivity index is 2.24. The van der Waals surface area contributed by atoms with Gasteiger partial charge in [0.1, 0.15) is 11.5 Å². The third-order valence-corrected chi connectivity index (χ3v) is 3.13. The minimum absolute atomic E-state index is 0.235. The van der Waals surface area contributed by atoms with Crippen LogP contribution in [0.4, 0.5) is 4.79 Å². The zero-order valence-electron chi connectivity index (χ0n) is 9.30. The number of rotatable bonds is 3. The lowest BCUT2D eigenvalue weighted by molar-refractivity contribution is -0.122. The van der Waals surface area contributed by atoms with E-state index in [0.717, 1.165) is 22.4 Å². The van der Waals surface area contributed by atoms with Gasteiger partial charge in [-0.25, -0.2) is 0 Å². The number of amides is 2. The summed E-state index contributed by atoms with van der Waals surface area (Å²) >= 11 is 0.917. The van der Waals surface area contributed by atoms with Crippen molar-refractivity contribution in [2.45, 2.75) is 6.92 Å². The van der Waals surface area contributed by atoms with Gasteiger partial charge >= 0.3 is 0 Å². The van der Waals surface area contributed by atoms with E-state index in [0.29, 0.717) is 10.7 Å². The van der Waals surface area contributed by atoms with E-state index in [9.17, 15) is 9.59 Å². The van der Waals surface area contributed by atoms with Crippen molar-refractivity contribution in [3.63, 3.8) is 0 Å². The Morgan fingerprint density at radius 3 is 2.82 bits per heavy atom. The normalized spacial score (nSPS) is 18.2. The first-order valence-corrected chi connectivity index (χ1v) is 5.86. The second-order valence-electron chi connectivity index (χ2n) is 3.53. The molecule has 17 heavy (non-hydrogen) atoms. The van der Waals surface area contributed by atoms with Gasteiger partial charge in [-0.2, -0.15) is 0 Å². The molecule has 1 aliphatic rings. The Bertz CT molecular complexity index is 516. The fourth-order valence-corrected chi connectivity index (χ4v) is 2.28. The number of thioether (sulfide) groups is 1. The second-order valence-corrected chi connectivity index (χ2v) is 4.52. The van der Waals surface area contributed by atoms with Gasteiger partial charge in [-0.05, 0) is 30.8 Å². The van der Waals surface area contributed by atoms with Crippen molar-refractivity contribution in [1.82, 2.24) is 4.90 Å². The molecule has 0 spiro atoms. The number of carbonyl (C=O) groups excluding carboxylic acids is 2. The summed E-state index contributed by atoms with van der Waals surface area (Å²) in [5.74, 6) is 1.04. The maximum absolute atomic E-state index is 11.8. The maximum atomic E-state index is 11.8. The highest BCUT2D eigenvalue weighted by molar-refractivity contribution is 8.18. The SMILES string of the molecule is C=CCN1C(=O)S/C(=C/c2ccc(C)o2)C1=O. The van der Waals surface area contributed by atoms with Crippen LogP contribution in [-0.4, -0.2) is 22.6 Å². The zero-order valence-corrected chi connectivity index (χ0v) is 10.1. The van der Waals surface area contributed by atoms with E-state index < -0.39 is 0 Å². The number of aryl methyl sites for hydroxylation is 1. The predicted octanol–water partition coefficient (Wildman–Crippen LogP) is 2.81. The molecule has 0 atom stereocenters. The van der Waals surface area contributed by atoms with Gasteiger partial charge in [-0.1, -0.05) is 6.08 Å². The lowest BCUT2D eigenvalue weighted by atomic mass is 10.3. The fraction of sp³-hybridized carbons (Fsp3) is 0.167. The van der Waals surface area contributed by atoms with Gasteiger partial charge in [0, 0.05) is 12.6 Å². The van der Waals surface area contributed by atoms with Crippen molar-refractivity contribution in [1.29, 1.82) is 0 Å². The van der Waals surface area contributed by atoms with Gasteiger partial charge in [0.2, 0.25) is 0 Å². The number of imide groups is 1. The molecule has 1 fully saturated rings. The molecule has 2 amide bonds. The van der Waals surface area contributed by atoms with E-state index in [1.165, 1.54) is 6.08 Å². The smallest absolute Gasteiger partial charge is 0.293 e. The molecule has 0 aliphatic carbocycles. The van der Waals surface area contributed by atoms with Crippen LogP contribution in [0, 0.1) is 6.92 Å². The molecular formula is C12H11NO3S. The van der Waals surface area contributed by atoms with Gasteiger partial charge in [0.05, 0.1) is 4.91 Å². The van der Waals surface area contributed by atoms with Crippen LogP contribution in [0.5, 0.6) is 0 Å². The van der Waals surface area contributed by atoms with Crippen LogP contribution in [0.2, 0.25) is 0 Å². The molecule has 5 heteroatoms. The molecule has 1 aromatic heterocycles. The van der Waals surface area contributed by atoms with Gasteiger partial charge in [-0.15, -0.1) is 6.58 Å². The van der Waals surface area contributed by atoms with E-state index in [-0.39, 0.29) is 17.7 Å². The van der Waals surface area contributed by atoms with E-state index in [1.54, 1.807) is 18.2 Å². The highest BCUT2D eigenvalue weighted by Crippen LogP contribution is 2.32. The number of carbonyl (C=O) groups is 2. The Morgan fingerprint density at radius 2 is 2.24 bits per heavy atom. The largest absolute Gasteiger partial charge is 0.462 e. The lowest BCUT2D eigenvalue weighted by Crippen LogP contribution is -2.27. The van der Waals surface area contributed by atoms with Gasteiger partial charge in [-0.3, -0.25) is 14.5 Å². The summed E-state index contributed by atoms with van der Waals surface area (Å²) in [6.07, 6.45) is 3.11. The molecule has 1 aliphatic heterocycles. The standard InChI is InChI=1S/C12H11NO3S/c1-3-6-13-11(14)10(17-12(13)15)7-9-5-4-8(2)16-9/h3-5,7H,1,6H2,2H3/b10-7+. The Hall–Kier alpha value is -1.75.